The molecule has 3 saturated heterocycles. The standard InChI is InChI=1S/C36H43ClN2O6/c1-5-7-8-12-21-44-34(43)29-28-32(41)39(26(23-40)22-25-15-10-9-11-16-25)31(36(28)19-18-35(29,4)45-36)33(42)38(20-6-2)30-24(3)14-13-17-27(30)37/h5-6,9-11,13-17,26,28-29,31,40H,1-2,7-8,12,18-23H2,3-4H3/t26-,28+,29-,31?,35+,36?/m1/s1. The van der Waals surface area contributed by atoms with Gasteiger partial charge in [-0.15, -0.1) is 13.2 Å². The van der Waals surface area contributed by atoms with E-state index >= 15 is 0 Å². The Balaban J connectivity index is 1.58. The van der Waals surface area contributed by atoms with Crippen molar-refractivity contribution in [3.63, 3.8) is 0 Å². The van der Waals surface area contributed by atoms with E-state index in [4.69, 9.17) is 21.1 Å². The monoisotopic (exact) mass is 634 g/mol. The summed E-state index contributed by atoms with van der Waals surface area (Å²) in [6.45, 7) is 11.3. The highest BCUT2D eigenvalue weighted by Crippen LogP contribution is 2.64. The molecule has 2 aromatic rings. The van der Waals surface area contributed by atoms with E-state index in [2.05, 4.69) is 13.2 Å². The number of anilines is 1. The van der Waals surface area contributed by atoms with Crippen LogP contribution in [0, 0.1) is 18.8 Å². The second kappa shape index (κ2) is 13.5. The Bertz CT molecular complexity index is 1430. The number of amides is 2. The summed E-state index contributed by atoms with van der Waals surface area (Å²) < 4.78 is 12.5. The Morgan fingerprint density at radius 2 is 1.91 bits per heavy atom. The van der Waals surface area contributed by atoms with Crippen molar-refractivity contribution in [1.29, 1.82) is 0 Å². The van der Waals surface area contributed by atoms with E-state index < -0.39 is 47.0 Å². The van der Waals surface area contributed by atoms with Crippen LogP contribution in [0.2, 0.25) is 5.02 Å². The number of aliphatic hydroxyl groups is 1. The molecule has 45 heavy (non-hydrogen) atoms. The van der Waals surface area contributed by atoms with Crippen LogP contribution in [-0.4, -0.2) is 70.8 Å². The third kappa shape index (κ3) is 5.84. The molecule has 2 bridgehead atoms. The number of fused-ring (bicyclic) bond motifs is 1. The fourth-order valence-corrected chi connectivity index (χ4v) is 8.04. The Kier molecular flexibility index (Phi) is 9.87. The zero-order valence-corrected chi connectivity index (χ0v) is 26.9. The lowest BCUT2D eigenvalue weighted by Gasteiger charge is -2.40. The molecule has 240 valence electrons. The van der Waals surface area contributed by atoms with Gasteiger partial charge in [0.1, 0.15) is 17.6 Å². The van der Waals surface area contributed by atoms with Gasteiger partial charge in [0.15, 0.2) is 0 Å². The maximum atomic E-state index is 15.0. The maximum absolute atomic E-state index is 15.0. The van der Waals surface area contributed by atoms with Crippen molar-refractivity contribution in [2.45, 2.75) is 75.7 Å². The average Bonchev–Trinajstić information content (AvgIpc) is 3.60. The second-order valence-corrected chi connectivity index (χ2v) is 13.0. The molecule has 0 aliphatic carbocycles. The number of esters is 1. The molecule has 8 nitrogen and oxygen atoms in total. The highest BCUT2D eigenvalue weighted by Gasteiger charge is 2.79. The molecule has 3 aliphatic rings. The number of hydrogen-bond acceptors (Lipinski definition) is 6. The van der Waals surface area contributed by atoms with Crippen LogP contribution in [0.3, 0.4) is 0 Å². The first kappa shape index (κ1) is 32.9. The van der Waals surface area contributed by atoms with Gasteiger partial charge < -0.3 is 24.4 Å². The van der Waals surface area contributed by atoms with Gasteiger partial charge in [0, 0.05) is 6.54 Å². The third-order valence-electron chi connectivity index (χ3n) is 9.70. The normalized spacial score (nSPS) is 27.2. The number of aryl methyl sites for hydroxylation is 1. The van der Waals surface area contributed by atoms with Gasteiger partial charge in [-0.05, 0) is 69.6 Å². The van der Waals surface area contributed by atoms with Crippen molar-refractivity contribution in [1.82, 2.24) is 4.90 Å². The fourth-order valence-electron chi connectivity index (χ4n) is 7.72. The molecule has 0 aromatic heterocycles. The van der Waals surface area contributed by atoms with Crippen molar-refractivity contribution >= 4 is 35.1 Å². The van der Waals surface area contributed by atoms with Crippen LogP contribution >= 0.6 is 11.6 Å². The van der Waals surface area contributed by atoms with Crippen LogP contribution in [0.15, 0.2) is 73.8 Å². The van der Waals surface area contributed by atoms with Crippen molar-refractivity contribution in [2.24, 2.45) is 11.8 Å². The van der Waals surface area contributed by atoms with Crippen LogP contribution in [0.5, 0.6) is 0 Å². The zero-order valence-electron chi connectivity index (χ0n) is 26.1. The lowest BCUT2D eigenvalue weighted by molar-refractivity contribution is -0.160. The molecule has 2 unspecified atom stereocenters. The minimum atomic E-state index is -1.28. The van der Waals surface area contributed by atoms with Gasteiger partial charge in [0.2, 0.25) is 5.91 Å². The van der Waals surface area contributed by atoms with Crippen molar-refractivity contribution in [3.05, 3.63) is 90.0 Å². The third-order valence-corrected chi connectivity index (χ3v) is 10.0. The smallest absolute Gasteiger partial charge is 0.312 e. The van der Waals surface area contributed by atoms with E-state index in [-0.39, 0.29) is 25.7 Å². The maximum Gasteiger partial charge on any atom is 0.312 e. The summed E-state index contributed by atoms with van der Waals surface area (Å²) in [5.41, 5.74) is -0.0430. The van der Waals surface area contributed by atoms with Gasteiger partial charge in [-0.2, -0.15) is 0 Å². The number of para-hydroxylation sites is 1. The number of halogens is 1. The van der Waals surface area contributed by atoms with Crippen molar-refractivity contribution in [2.75, 3.05) is 24.7 Å². The molecular formula is C36H43ClN2O6. The molecule has 2 amide bonds. The highest BCUT2D eigenvalue weighted by atomic mass is 35.5. The van der Waals surface area contributed by atoms with Crippen LogP contribution in [0.4, 0.5) is 5.69 Å². The molecule has 1 N–H and O–H groups in total. The van der Waals surface area contributed by atoms with Crippen molar-refractivity contribution in [3.8, 4) is 0 Å². The number of hydrogen-bond donors (Lipinski definition) is 1. The molecule has 3 fully saturated rings. The van der Waals surface area contributed by atoms with Gasteiger partial charge in [-0.25, -0.2) is 0 Å². The number of nitrogens with zero attached hydrogens (tertiary/aromatic N) is 2. The Hall–Kier alpha value is -3.46. The topological polar surface area (TPSA) is 96.4 Å². The van der Waals surface area contributed by atoms with Crippen LogP contribution < -0.4 is 4.90 Å². The van der Waals surface area contributed by atoms with Gasteiger partial charge in [-0.1, -0.05) is 66.2 Å². The van der Waals surface area contributed by atoms with Gasteiger partial charge >= 0.3 is 5.97 Å². The van der Waals surface area contributed by atoms with E-state index in [0.717, 1.165) is 24.0 Å². The summed E-state index contributed by atoms with van der Waals surface area (Å²) in [5.74, 6) is -3.08. The molecular weight excluding hydrogens is 592 g/mol. The second-order valence-electron chi connectivity index (χ2n) is 12.6. The van der Waals surface area contributed by atoms with E-state index in [0.29, 0.717) is 36.4 Å². The number of rotatable bonds is 14. The summed E-state index contributed by atoms with van der Waals surface area (Å²) in [6.07, 6.45) is 6.99. The minimum Gasteiger partial charge on any atom is -0.465 e. The molecule has 9 heteroatoms. The summed E-state index contributed by atoms with van der Waals surface area (Å²) >= 11 is 6.68. The van der Waals surface area contributed by atoms with E-state index in [1.165, 1.54) is 4.90 Å². The first-order valence-electron chi connectivity index (χ1n) is 15.8. The molecule has 3 aliphatic heterocycles. The van der Waals surface area contributed by atoms with Crippen LogP contribution in [-0.2, 0) is 30.3 Å². The Morgan fingerprint density at radius 1 is 1.16 bits per heavy atom. The van der Waals surface area contributed by atoms with Crippen LogP contribution in [0.25, 0.3) is 0 Å². The quantitative estimate of drug-likeness (QED) is 0.169. The predicted octanol–water partition coefficient (Wildman–Crippen LogP) is 5.44. The summed E-state index contributed by atoms with van der Waals surface area (Å²) in [6, 6.07) is 13.1. The number of ether oxygens (including phenoxy) is 2. The van der Waals surface area contributed by atoms with Crippen molar-refractivity contribution < 1.29 is 29.0 Å². The average molecular weight is 635 g/mol. The molecule has 1 spiro atoms. The first-order chi connectivity index (χ1) is 21.6. The van der Waals surface area contributed by atoms with Gasteiger partial charge in [-0.3, -0.25) is 14.4 Å². The first-order valence-corrected chi connectivity index (χ1v) is 16.1. The molecule has 0 radical (unpaired) electrons. The molecule has 5 rings (SSSR count). The summed E-state index contributed by atoms with van der Waals surface area (Å²) in [5, 5.41) is 11.1. The highest BCUT2D eigenvalue weighted by molar-refractivity contribution is 6.34. The largest absolute Gasteiger partial charge is 0.465 e. The van der Waals surface area contributed by atoms with Crippen LogP contribution in [0.1, 0.15) is 50.2 Å². The Labute approximate surface area is 270 Å². The summed E-state index contributed by atoms with van der Waals surface area (Å²) in [4.78, 5) is 46.5. The minimum absolute atomic E-state index is 0.138. The molecule has 3 heterocycles. The zero-order chi connectivity index (χ0) is 32.4. The number of carbonyl (C=O) groups is 3. The SMILES string of the molecule is C=CCCCCOC(=O)[C@H]1[C@H]2C(=O)N([C@@H](CO)Cc3ccccc3)C(C(=O)N(CC=C)c3c(C)cccc3Cl)C23CC[C@]1(C)O3. The van der Waals surface area contributed by atoms with E-state index in [1.54, 1.807) is 17.0 Å². The fraction of sp³-hybridized carbons (Fsp3) is 0.472. The lowest BCUT2D eigenvalue weighted by atomic mass is 9.66. The molecule has 6 atom stereocenters. The lowest BCUT2D eigenvalue weighted by Crippen LogP contribution is -2.59. The number of unbranched alkanes of at least 4 members (excludes halogenated alkanes) is 2. The van der Waals surface area contributed by atoms with Gasteiger partial charge in [0.25, 0.3) is 5.91 Å². The van der Waals surface area contributed by atoms with E-state index in [1.807, 2.05) is 62.4 Å². The predicted molar refractivity (Wildman–Crippen MR) is 174 cm³/mol. The van der Waals surface area contributed by atoms with Gasteiger partial charge in [0.05, 0.1) is 41.5 Å². The number of aliphatic hydroxyl groups excluding tert-OH is 1. The number of carbonyl (C=O) groups excluding carboxylic acids is 3. The summed E-state index contributed by atoms with van der Waals surface area (Å²) in [7, 11) is 0. The number of likely N-dealkylation sites (tertiary alicyclic amines) is 1. The Morgan fingerprint density at radius 3 is 2.58 bits per heavy atom. The number of allylic oxidation sites excluding steroid dienone is 1. The van der Waals surface area contributed by atoms with E-state index in [9.17, 15) is 19.5 Å². The molecule has 0 saturated carbocycles. The molecule has 2 aromatic carbocycles. The number of benzene rings is 2.